The number of rotatable bonds is 6. The van der Waals surface area contributed by atoms with Gasteiger partial charge in [-0.1, -0.05) is 23.3 Å². The molecule has 8 heteroatoms. The fourth-order valence-corrected chi connectivity index (χ4v) is 1.81. The summed E-state index contributed by atoms with van der Waals surface area (Å²) in [6.45, 7) is 1.13. The minimum atomic E-state index is -0.286. The first-order valence-electron chi connectivity index (χ1n) is 7.07. The second kappa shape index (κ2) is 7.30. The number of amides is 1. The van der Waals surface area contributed by atoms with Crippen LogP contribution in [0.15, 0.2) is 41.0 Å². The van der Waals surface area contributed by atoms with Gasteiger partial charge in [0.15, 0.2) is 0 Å². The molecule has 1 aromatic heterocycles. The maximum atomic E-state index is 11.8. The van der Waals surface area contributed by atoms with E-state index < -0.39 is 0 Å². The summed E-state index contributed by atoms with van der Waals surface area (Å²) in [6.07, 6.45) is 1.56. The lowest BCUT2D eigenvalue weighted by Gasteiger charge is -2.11. The molecular weight excluding hydrogens is 302 g/mol. The Kier molecular flexibility index (Phi) is 4.72. The Bertz CT molecular complexity index is 683. The van der Waals surface area contributed by atoms with Gasteiger partial charge in [-0.15, -0.1) is 5.10 Å². The highest BCUT2D eigenvalue weighted by atomic mass is 16.6. The fraction of sp³-hybridized carbons (Fsp3) is 0.267. The lowest BCUT2D eigenvalue weighted by Crippen LogP contribution is -2.15. The zero-order valence-corrected chi connectivity index (χ0v) is 12.2. The van der Waals surface area contributed by atoms with E-state index in [1.54, 1.807) is 0 Å². The highest BCUT2D eigenvalue weighted by Gasteiger charge is 2.17. The molecule has 1 aliphatic heterocycles. The van der Waals surface area contributed by atoms with Gasteiger partial charge in [0.25, 0.3) is 5.89 Å². The molecule has 0 spiro atoms. The number of nitrogens with zero attached hydrogens (tertiary/aromatic N) is 2. The number of aromatic nitrogens is 2. The molecule has 23 heavy (non-hydrogen) atoms. The predicted molar refractivity (Wildman–Crippen MR) is 79.4 cm³/mol. The van der Waals surface area contributed by atoms with Crippen molar-refractivity contribution in [1.82, 2.24) is 10.2 Å². The van der Waals surface area contributed by atoms with Crippen LogP contribution in [0, 0.1) is 0 Å². The Hall–Kier alpha value is -3.03. The first-order valence-corrected chi connectivity index (χ1v) is 7.07. The summed E-state index contributed by atoms with van der Waals surface area (Å²) in [5.41, 5.74) is 0. The molecule has 0 atom stereocenters. The molecule has 1 aliphatic rings. The van der Waals surface area contributed by atoms with Crippen LogP contribution in [0.1, 0.15) is 12.3 Å². The first kappa shape index (κ1) is 14.9. The summed E-state index contributed by atoms with van der Waals surface area (Å²) in [5.74, 6) is 0.921. The van der Waals surface area contributed by atoms with Gasteiger partial charge in [0.05, 0.1) is 13.0 Å². The molecular formula is C15H15N3O5. The second-order valence-corrected chi connectivity index (χ2v) is 4.57. The third-order valence-electron chi connectivity index (χ3n) is 2.87. The largest absolute Gasteiger partial charge is 0.494 e. The molecule has 0 unspecified atom stereocenters. The van der Waals surface area contributed by atoms with Crippen LogP contribution < -0.4 is 10.1 Å². The summed E-state index contributed by atoms with van der Waals surface area (Å²) >= 11 is 0. The second-order valence-electron chi connectivity index (χ2n) is 4.57. The zero-order valence-electron chi connectivity index (χ0n) is 12.2. The van der Waals surface area contributed by atoms with Crippen molar-refractivity contribution in [2.24, 2.45) is 0 Å². The minimum absolute atomic E-state index is 0.000199. The van der Waals surface area contributed by atoms with Crippen molar-refractivity contribution < 1.29 is 23.4 Å². The molecule has 0 radical (unpaired) electrons. The summed E-state index contributed by atoms with van der Waals surface area (Å²) < 4.78 is 21.1. The van der Waals surface area contributed by atoms with Crippen LogP contribution in [0.3, 0.4) is 0 Å². The van der Waals surface area contributed by atoms with Crippen molar-refractivity contribution in [2.45, 2.75) is 6.42 Å². The monoisotopic (exact) mass is 317 g/mol. The summed E-state index contributed by atoms with van der Waals surface area (Å²) in [4.78, 5) is 11.8. The molecule has 0 fully saturated rings. The molecule has 1 N–H and O–H groups in total. The Balaban J connectivity index is 1.46. The number of carbonyl (C=O) groups is 1. The average Bonchev–Trinajstić information content (AvgIpc) is 3.05. The van der Waals surface area contributed by atoms with Gasteiger partial charge in [0.1, 0.15) is 25.2 Å². The SMILES string of the molecule is O=C(CCOc1ccccc1)Nc1nnc(C2=COCCO2)o1. The third-order valence-corrected chi connectivity index (χ3v) is 2.87. The molecule has 120 valence electrons. The van der Waals surface area contributed by atoms with Crippen molar-refractivity contribution in [3.05, 3.63) is 42.5 Å². The Morgan fingerprint density at radius 3 is 2.87 bits per heavy atom. The Morgan fingerprint density at radius 2 is 2.09 bits per heavy atom. The van der Waals surface area contributed by atoms with E-state index in [2.05, 4.69) is 15.5 Å². The van der Waals surface area contributed by atoms with E-state index in [-0.39, 0.29) is 30.8 Å². The minimum Gasteiger partial charge on any atom is -0.494 e. The third kappa shape index (κ3) is 4.22. The van der Waals surface area contributed by atoms with E-state index in [1.165, 1.54) is 6.26 Å². The molecule has 2 heterocycles. The predicted octanol–water partition coefficient (Wildman–Crippen LogP) is 1.82. The number of nitrogens with one attached hydrogen (secondary N) is 1. The first-order chi connectivity index (χ1) is 11.3. The number of anilines is 1. The summed E-state index contributed by atoms with van der Waals surface area (Å²) in [5, 5.41) is 10.0. The van der Waals surface area contributed by atoms with Gasteiger partial charge >= 0.3 is 6.01 Å². The van der Waals surface area contributed by atoms with Crippen LogP contribution >= 0.6 is 0 Å². The number of benzene rings is 1. The maximum absolute atomic E-state index is 11.8. The number of hydrogen-bond donors (Lipinski definition) is 1. The van der Waals surface area contributed by atoms with E-state index in [9.17, 15) is 4.79 Å². The van der Waals surface area contributed by atoms with E-state index >= 15 is 0 Å². The molecule has 2 aromatic rings. The van der Waals surface area contributed by atoms with Gasteiger partial charge in [-0.3, -0.25) is 10.1 Å². The van der Waals surface area contributed by atoms with Crippen molar-refractivity contribution in [1.29, 1.82) is 0 Å². The van der Waals surface area contributed by atoms with Gasteiger partial charge in [-0.25, -0.2) is 0 Å². The van der Waals surface area contributed by atoms with Crippen molar-refractivity contribution in [2.75, 3.05) is 25.1 Å². The lowest BCUT2D eigenvalue weighted by atomic mass is 10.3. The number of para-hydroxylation sites is 1. The van der Waals surface area contributed by atoms with Gasteiger partial charge in [0.2, 0.25) is 11.7 Å². The maximum Gasteiger partial charge on any atom is 0.322 e. The smallest absolute Gasteiger partial charge is 0.322 e. The molecule has 0 bridgehead atoms. The Labute approximate surface area is 132 Å². The van der Waals surface area contributed by atoms with Crippen LogP contribution in [0.2, 0.25) is 0 Å². The summed E-state index contributed by atoms with van der Waals surface area (Å²) in [7, 11) is 0. The van der Waals surface area contributed by atoms with Crippen LogP contribution in [-0.2, 0) is 14.3 Å². The van der Waals surface area contributed by atoms with E-state index in [0.717, 1.165) is 0 Å². The number of hydrogen-bond acceptors (Lipinski definition) is 7. The topological polar surface area (TPSA) is 95.7 Å². The van der Waals surface area contributed by atoms with Gasteiger partial charge < -0.3 is 18.6 Å². The van der Waals surface area contributed by atoms with Crippen LogP contribution in [0.4, 0.5) is 6.01 Å². The number of ether oxygens (including phenoxy) is 3. The van der Waals surface area contributed by atoms with E-state index in [1.807, 2.05) is 30.3 Å². The molecule has 1 aromatic carbocycles. The highest BCUT2D eigenvalue weighted by Crippen LogP contribution is 2.19. The molecule has 0 saturated heterocycles. The van der Waals surface area contributed by atoms with Gasteiger partial charge in [-0.2, -0.15) is 0 Å². The normalized spacial score (nSPS) is 13.5. The van der Waals surface area contributed by atoms with Crippen LogP contribution in [-0.4, -0.2) is 35.9 Å². The Morgan fingerprint density at radius 1 is 1.22 bits per heavy atom. The van der Waals surface area contributed by atoms with Gasteiger partial charge in [0, 0.05) is 0 Å². The van der Waals surface area contributed by atoms with Crippen molar-refractivity contribution >= 4 is 17.7 Å². The fourth-order valence-electron chi connectivity index (χ4n) is 1.81. The quantitative estimate of drug-likeness (QED) is 0.868. The van der Waals surface area contributed by atoms with Crippen LogP contribution in [0.25, 0.3) is 5.76 Å². The van der Waals surface area contributed by atoms with Crippen LogP contribution in [0.5, 0.6) is 5.75 Å². The average molecular weight is 317 g/mol. The standard InChI is InChI=1S/C15H15N3O5/c19-13(6-7-21-11-4-2-1-3-5-11)16-15-18-17-14(23-15)12-10-20-8-9-22-12/h1-5,10H,6-9H2,(H,16,18,19). The zero-order chi connectivity index (χ0) is 15.9. The number of carbonyl (C=O) groups excluding carboxylic acids is 1. The molecule has 0 saturated carbocycles. The molecule has 8 nitrogen and oxygen atoms in total. The highest BCUT2D eigenvalue weighted by molar-refractivity contribution is 5.88. The van der Waals surface area contributed by atoms with Crippen molar-refractivity contribution in [3.8, 4) is 5.75 Å². The van der Waals surface area contributed by atoms with E-state index in [0.29, 0.717) is 24.7 Å². The summed E-state index contributed by atoms with van der Waals surface area (Å²) in [6, 6.07) is 9.26. The van der Waals surface area contributed by atoms with Crippen molar-refractivity contribution in [3.63, 3.8) is 0 Å². The van der Waals surface area contributed by atoms with E-state index in [4.69, 9.17) is 18.6 Å². The molecule has 3 rings (SSSR count). The lowest BCUT2D eigenvalue weighted by molar-refractivity contribution is -0.116. The van der Waals surface area contributed by atoms with Gasteiger partial charge in [-0.05, 0) is 12.1 Å². The molecule has 1 amide bonds. The molecule has 0 aliphatic carbocycles.